The Morgan fingerprint density at radius 2 is 2.10 bits per heavy atom. The quantitative estimate of drug-likeness (QED) is 0.853. The summed E-state index contributed by atoms with van der Waals surface area (Å²) in [6.45, 7) is 0.780. The van der Waals surface area contributed by atoms with Gasteiger partial charge < -0.3 is 9.64 Å². The van der Waals surface area contributed by atoms with Crippen molar-refractivity contribution in [1.29, 1.82) is 0 Å². The van der Waals surface area contributed by atoms with Crippen molar-refractivity contribution in [3.05, 3.63) is 35.4 Å². The normalized spacial score (nSPS) is 19.0. The van der Waals surface area contributed by atoms with E-state index in [-0.39, 0.29) is 24.5 Å². The first kappa shape index (κ1) is 15.8. The van der Waals surface area contributed by atoms with E-state index in [1.165, 1.54) is 19.2 Å². The lowest BCUT2D eigenvalue weighted by Crippen LogP contribution is -2.32. The van der Waals surface area contributed by atoms with Gasteiger partial charge in [0, 0.05) is 13.7 Å². The smallest absolute Gasteiger partial charge is 0.384 e. The fraction of sp³-hybridized carbons (Fsp3) is 0.533. The minimum atomic E-state index is -4.40. The summed E-state index contributed by atoms with van der Waals surface area (Å²) in [7, 11) is 1.49. The second-order valence-electron chi connectivity index (χ2n) is 5.07. The van der Waals surface area contributed by atoms with Gasteiger partial charge in [0.05, 0.1) is 24.6 Å². The summed E-state index contributed by atoms with van der Waals surface area (Å²) >= 11 is 0. The SMILES string of the molecule is COCCC(=O)N1CCCC1c1ccccc1C(F)(F)F. The van der Waals surface area contributed by atoms with E-state index in [0.29, 0.717) is 13.0 Å². The Hall–Kier alpha value is -1.56. The van der Waals surface area contributed by atoms with Crippen molar-refractivity contribution in [3.63, 3.8) is 0 Å². The lowest BCUT2D eigenvalue weighted by Gasteiger charge is -2.27. The Labute approximate surface area is 121 Å². The molecular formula is C15H18F3NO2. The Morgan fingerprint density at radius 1 is 1.38 bits per heavy atom. The maximum Gasteiger partial charge on any atom is 0.416 e. The van der Waals surface area contributed by atoms with Gasteiger partial charge in [0.15, 0.2) is 0 Å². The van der Waals surface area contributed by atoms with Gasteiger partial charge in [0.2, 0.25) is 5.91 Å². The van der Waals surface area contributed by atoms with Gasteiger partial charge in [-0.1, -0.05) is 18.2 Å². The summed E-state index contributed by atoms with van der Waals surface area (Å²) in [5.74, 6) is -0.156. The number of alkyl halides is 3. The molecule has 1 aliphatic heterocycles. The number of amides is 1. The molecule has 0 saturated carbocycles. The zero-order valence-electron chi connectivity index (χ0n) is 11.8. The molecule has 21 heavy (non-hydrogen) atoms. The van der Waals surface area contributed by atoms with Crippen LogP contribution in [0.5, 0.6) is 0 Å². The molecule has 3 nitrogen and oxygen atoms in total. The van der Waals surface area contributed by atoms with Crippen LogP contribution in [0.1, 0.15) is 36.4 Å². The van der Waals surface area contributed by atoms with E-state index in [9.17, 15) is 18.0 Å². The molecule has 0 aliphatic carbocycles. The number of halogens is 3. The predicted octanol–water partition coefficient (Wildman–Crippen LogP) is 3.41. The van der Waals surface area contributed by atoms with Gasteiger partial charge in [-0.25, -0.2) is 0 Å². The van der Waals surface area contributed by atoms with Crippen LogP contribution in [-0.2, 0) is 15.7 Å². The van der Waals surface area contributed by atoms with Gasteiger partial charge in [0.1, 0.15) is 0 Å². The summed E-state index contributed by atoms with van der Waals surface area (Å²) < 4.78 is 44.2. The molecule has 1 fully saturated rings. The second kappa shape index (κ2) is 6.47. The van der Waals surface area contributed by atoms with E-state index in [2.05, 4.69) is 0 Å². The third-order valence-electron chi connectivity index (χ3n) is 3.72. The third kappa shape index (κ3) is 3.56. The molecule has 0 spiro atoms. The lowest BCUT2D eigenvalue weighted by molar-refractivity contribution is -0.140. The molecule has 0 radical (unpaired) electrons. The van der Waals surface area contributed by atoms with Crippen molar-refractivity contribution in [2.45, 2.75) is 31.5 Å². The zero-order valence-corrected chi connectivity index (χ0v) is 11.8. The average Bonchev–Trinajstić information content (AvgIpc) is 2.93. The number of carbonyl (C=O) groups excluding carboxylic acids is 1. The second-order valence-corrected chi connectivity index (χ2v) is 5.07. The van der Waals surface area contributed by atoms with Gasteiger partial charge in [-0.2, -0.15) is 13.2 Å². The first-order valence-electron chi connectivity index (χ1n) is 6.89. The van der Waals surface area contributed by atoms with Crippen LogP contribution in [0.4, 0.5) is 13.2 Å². The molecule has 116 valence electrons. The maximum atomic E-state index is 13.1. The Balaban J connectivity index is 2.26. The molecule has 1 aliphatic rings. The average molecular weight is 301 g/mol. The van der Waals surface area contributed by atoms with Crippen LogP contribution >= 0.6 is 0 Å². The Morgan fingerprint density at radius 3 is 2.76 bits per heavy atom. The molecule has 1 aromatic rings. The van der Waals surface area contributed by atoms with Gasteiger partial charge in [-0.3, -0.25) is 4.79 Å². The van der Waals surface area contributed by atoms with E-state index >= 15 is 0 Å². The van der Waals surface area contributed by atoms with Crippen LogP contribution in [-0.4, -0.2) is 31.1 Å². The lowest BCUT2D eigenvalue weighted by atomic mass is 9.98. The zero-order chi connectivity index (χ0) is 15.5. The van der Waals surface area contributed by atoms with Crippen LogP contribution in [0.2, 0.25) is 0 Å². The van der Waals surface area contributed by atoms with Gasteiger partial charge in [-0.15, -0.1) is 0 Å². The molecule has 1 unspecified atom stereocenters. The number of nitrogens with zero attached hydrogens (tertiary/aromatic N) is 1. The van der Waals surface area contributed by atoms with Gasteiger partial charge >= 0.3 is 6.18 Å². The molecule has 1 saturated heterocycles. The summed E-state index contributed by atoms with van der Waals surface area (Å²) in [6.07, 6.45) is -2.93. The Bertz CT molecular complexity index is 502. The van der Waals surface area contributed by atoms with Crippen molar-refractivity contribution in [2.75, 3.05) is 20.3 Å². The van der Waals surface area contributed by atoms with Crippen molar-refractivity contribution in [3.8, 4) is 0 Å². The van der Waals surface area contributed by atoms with Crippen molar-refractivity contribution >= 4 is 5.91 Å². The van der Waals surface area contributed by atoms with Crippen LogP contribution in [0, 0.1) is 0 Å². The van der Waals surface area contributed by atoms with E-state index in [1.807, 2.05) is 0 Å². The van der Waals surface area contributed by atoms with Gasteiger partial charge in [0.25, 0.3) is 0 Å². The fourth-order valence-electron chi connectivity index (χ4n) is 2.77. The van der Waals surface area contributed by atoms with Crippen LogP contribution in [0.25, 0.3) is 0 Å². The van der Waals surface area contributed by atoms with E-state index in [0.717, 1.165) is 12.5 Å². The molecule has 1 heterocycles. The number of ether oxygens (including phenoxy) is 1. The minimum Gasteiger partial charge on any atom is -0.384 e. The molecule has 1 aromatic carbocycles. The number of hydrogen-bond donors (Lipinski definition) is 0. The van der Waals surface area contributed by atoms with Crippen molar-refractivity contribution < 1.29 is 22.7 Å². The highest BCUT2D eigenvalue weighted by molar-refractivity contribution is 5.77. The number of methoxy groups -OCH3 is 1. The topological polar surface area (TPSA) is 29.5 Å². The first-order chi connectivity index (χ1) is 9.95. The van der Waals surface area contributed by atoms with Gasteiger partial charge in [-0.05, 0) is 24.5 Å². The number of carbonyl (C=O) groups is 1. The van der Waals surface area contributed by atoms with Crippen LogP contribution in [0.15, 0.2) is 24.3 Å². The molecule has 6 heteroatoms. The summed E-state index contributed by atoms with van der Waals surface area (Å²) in [5, 5.41) is 0. The highest BCUT2D eigenvalue weighted by atomic mass is 19.4. The number of benzene rings is 1. The molecule has 1 atom stereocenters. The summed E-state index contributed by atoms with van der Waals surface area (Å²) in [6, 6.07) is 5.01. The summed E-state index contributed by atoms with van der Waals surface area (Å²) in [5.41, 5.74) is -0.463. The largest absolute Gasteiger partial charge is 0.416 e. The molecular weight excluding hydrogens is 283 g/mol. The van der Waals surface area contributed by atoms with E-state index in [4.69, 9.17) is 4.74 Å². The minimum absolute atomic E-state index is 0.156. The Kier molecular flexibility index (Phi) is 4.88. The summed E-state index contributed by atoms with van der Waals surface area (Å²) in [4.78, 5) is 13.7. The fourth-order valence-corrected chi connectivity index (χ4v) is 2.77. The van der Waals surface area contributed by atoms with Crippen molar-refractivity contribution in [2.24, 2.45) is 0 Å². The monoisotopic (exact) mass is 301 g/mol. The van der Waals surface area contributed by atoms with Crippen LogP contribution < -0.4 is 0 Å². The number of hydrogen-bond acceptors (Lipinski definition) is 2. The molecule has 0 N–H and O–H groups in total. The first-order valence-corrected chi connectivity index (χ1v) is 6.89. The highest BCUT2D eigenvalue weighted by Crippen LogP contribution is 2.40. The molecule has 1 amide bonds. The third-order valence-corrected chi connectivity index (χ3v) is 3.72. The number of rotatable bonds is 4. The number of likely N-dealkylation sites (tertiary alicyclic amines) is 1. The van der Waals surface area contributed by atoms with Crippen molar-refractivity contribution in [1.82, 2.24) is 4.90 Å². The predicted molar refractivity (Wildman–Crippen MR) is 71.6 cm³/mol. The van der Waals surface area contributed by atoms with Crippen LogP contribution in [0.3, 0.4) is 0 Å². The molecule has 0 bridgehead atoms. The van der Waals surface area contributed by atoms with E-state index in [1.54, 1.807) is 11.0 Å². The highest BCUT2D eigenvalue weighted by Gasteiger charge is 2.38. The standard InChI is InChI=1S/C15H18F3NO2/c1-21-10-8-14(20)19-9-4-7-13(19)11-5-2-3-6-12(11)15(16,17)18/h2-3,5-6,13H,4,7-10H2,1H3. The molecule has 2 rings (SSSR count). The molecule has 0 aromatic heterocycles. The van der Waals surface area contributed by atoms with E-state index < -0.39 is 17.8 Å². The maximum absolute atomic E-state index is 13.1.